The summed E-state index contributed by atoms with van der Waals surface area (Å²) in [5.41, 5.74) is 7.60. The monoisotopic (exact) mass is 260 g/mol. The third-order valence-corrected chi connectivity index (χ3v) is 2.83. The van der Waals surface area contributed by atoms with Crippen molar-refractivity contribution in [2.75, 3.05) is 0 Å². The van der Waals surface area contributed by atoms with Crippen molar-refractivity contribution in [1.82, 2.24) is 4.98 Å². The number of benzene rings is 1. The van der Waals surface area contributed by atoms with Gasteiger partial charge in [0.1, 0.15) is 5.60 Å². The largest absolute Gasteiger partial charge is 0.460 e. The minimum absolute atomic E-state index is 0.180. The van der Waals surface area contributed by atoms with E-state index in [0.29, 0.717) is 0 Å². The van der Waals surface area contributed by atoms with E-state index in [1.807, 2.05) is 51.2 Å². The van der Waals surface area contributed by atoms with Gasteiger partial charge in [0, 0.05) is 23.1 Å². The number of nitrogens with two attached hydrogens (primary N) is 1. The highest BCUT2D eigenvalue weighted by Gasteiger charge is 2.20. The topological polar surface area (TPSA) is 68.1 Å². The van der Waals surface area contributed by atoms with Crippen molar-refractivity contribution < 1.29 is 9.53 Å². The van der Waals surface area contributed by atoms with Crippen LogP contribution in [0.5, 0.6) is 0 Å². The summed E-state index contributed by atoms with van der Waals surface area (Å²) in [5.74, 6) is -0.273. The molecule has 0 unspecified atom stereocenters. The van der Waals surface area contributed by atoms with E-state index >= 15 is 0 Å². The van der Waals surface area contributed by atoms with Crippen LogP contribution in [0, 0.1) is 0 Å². The van der Waals surface area contributed by atoms with Gasteiger partial charge in [-0.3, -0.25) is 4.79 Å². The zero-order valence-corrected chi connectivity index (χ0v) is 11.6. The van der Waals surface area contributed by atoms with E-state index < -0.39 is 5.60 Å². The Labute approximate surface area is 112 Å². The second kappa shape index (κ2) is 5.05. The molecule has 1 aromatic heterocycles. The number of hydrogen-bond acceptors (Lipinski definition) is 3. The number of rotatable bonds is 3. The molecular formula is C15H20N2O2. The number of nitrogens with one attached hydrogen (secondary N) is 1. The fourth-order valence-electron chi connectivity index (χ4n) is 2.07. The Hall–Kier alpha value is -1.81. The second-order valence-electron chi connectivity index (χ2n) is 5.69. The molecule has 2 rings (SSSR count). The molecule has 4 heteroatoms. The summed E-state index contributed by atoms with van der Waals surface area (Å²) >= 11 is 0. The molecule has 0 spiro atoms. The van der Waals surface area contributed by atoms with Gasteiger partial charge in [0.25, 0.3) is 0 Å². The van der Waals surface area contributed by atoms with Crippen molar-refractivity contribution in [2.24, 2.45) is 5.73 Å². The molecule has 19 heavy (non-hydrogen) atoms. The molecular weight excluding hydrogens is 240 g/mol. The van der Waals surface area contributed by atoms with Crippen LogP contribution >= 0.6 is 0 Å². The number of carbonyl (C=O) groups excluding carboxylic acids is 1. The fourth-order valence-corrected chi connectivity index (χ4v) is 2.07. The van der Waals surface area contributed by atoms with Crippen LogP contribution in [0.25, 0.3) is 10.9 Å². The molecule has 0 saturated carbocycles. The Bertz CT molecular complexity index is 581. The molecule has 102 valence electrons. The normalized spacial score (nSPS) is 13.5. The van der Waals surface area contributed by atoms with Crippen LogP contribution in [-0.2, 0) is 9.53 Å². The molecule has 0 aliphatic rings. The van der Waals surface area contributed by atoms with E-state index in [0.717, 1.165) is 16.5 Å². The minimum atomic E-state index is -0.475. The number of esters is 1. The van der Waals surface area contributed by atoms with Crippen molar-refractivity contribution in [3.8, 4) is 0 Å². The van der Waals surface area contributed by atoms with Crippen LogP contribution in [0.3, 0.4) is 0 Å². The van der Waals surface area contributed by atoms with Gasteiger partial charge in [-0.2, -0.15) is 0 Å². The SMILES string of the molecule is CC(C)(C)OC(=O)C[C@H](N)c1c[nH]c2ccccc12. The summed E-state index contributed by atoms with van der Waals surface area (Å²) in [4.78, 5) is 14.9. The van der Waals surface area contributed by atoms with Crippen molar-refractivity contribution >= 4 is 16.9 Å². The van der Waals surface area contributed by atoms with Gasteiger partial charge < -0.3 is 15.5 Å². The molecule has 4 nitrogen and oxygen atoms in total. The average molecular weight is 260 g/mol. The Morgan fingerprint density at radius 2 is 2.05 bits per heavy atom. The molecule has 1 aromatic carbocycles. The van der Waals surface area contributed by atoms with Gasteiger partial charge in [0.05, 0.1) is 6.42 Å². The molecule has 3 N–H and O–H groups in total. The van der Waals surface area contributed by atoms with E-state index in [9.17, 15) is 4.79 Å². The molecule has 2 aromatic rings. The summed E-state index contributed by atoms with van der Waals surface area (Å²) in [6, 6.07) is 7.54. The highest BCUT2D eigenvalue weighted by molar-refractivity contribution is 5.84. The average Bonchev–Trinajstić information content (AvgIpc) is 2.69. The lowest BCUT2D eigenvalue weighted by Gasteiger charge is -2.20. The zero-order valence-electron chi connectivity index (χ0n) is 11.6. The first-order valence-corrected chi connectivity index (χ1v) is 6.40. The van der Waals surface area contributed by atoms with Gasteiger partial charge in [-0.25, -0.2) is 0 Å². The van der Waals surface area contributed by atoms with Gasteiger partial charge in [-0.1, -0.05) is 18.2 Å². The molecule has 1 heterocycles. The van der Waals surface area contributed by atoms with Crippen LogP contribution in [-0.4, -0.2) is 16.6 Å². The lowest BCUT2D eigenvalue weighted by atomic mass is 10.0. The number of para-hydroxylation sites is 1. The predicted molar refractivity (Wildman–Crippen MR) is 75.7 cm³/mol. The smallest absolute Gasteiger partial charge is 0.308 e. The lowest BCUT2D eigenvalue weighted by Crippen LogP contribution is -2.26. The van der Waals surface area contributed by atoms with Crippen LogP contribution in [0.2, 0.25) is 0 Å². The van der Waals surface area contributed by atoms with E-state index in [-0.39, 0.29) is 18.4 Å². The molecule has 0 aliphatic heterocycles. The molecule has 0 bridgehead atoms. The number of ether oxygens (including phenoxy) is 1. The Morgan fingerprint density at radius 3 is 2.74 bits per heavy atom. The molecule has 0 amide bonds. The maximum Gasteiger partial charge on any atom is 0.308 e. The van der Waals surface area contributed by atoms with Gasteiger partial charge in [-0.05, 0) is 32.4 Å². The summed E-state index contributed by atoms with van der Waals surface area (Å²) in [5, 5.41) is 1.05. The number of H-pyrrole nitrogens is 1. The molecule has 1 atom stereocenters. The molecule has 0 saturated heterocycles. The maximum atomic E-state index is 11.8. The number of hydrogen-bond donors (Lipinski definition) is 2. The second-order valence-corrected chi connectivity index (χ2v) is 5.69. The highest BCUT2D eigenvalue weighted by atomic mass is 16.6. The summed E-state index contributed by atoms with van der Waals surface area (Å²) in [6.45, 7) is 5.55. The van der Waals surface area contributed by atoms with Crippen LogP contribution in [0.1, 0.15) is 38.8 Å². The summed E-state index contributed by atoms with van der Waals surface area (Å²) in [7, 11) is 0. The Kier molecular flexibility index (Phi) is 3.62. The van der Waals surface area contributed by atoms with E-state index in [1.165, 1.54) is 0 Å². The molecule has 0 aliphatic carbocycles. The van der Waals surface area contributed by atoms with Crippen molar-refractivity contribution in [1.29, 1.82) is 0 Å². The van der Waals surface area contributed by atoms with Crippen LogP contribution < -0.4 is 5.73 Å². The predicted octanol–water partition coefficient (Wildman–Crippen LogP) is 2.90. The Morgan fingerprint density at radius 1 is 1.37 bits per heavy atom. The quantitative estimate of drug-likeness (QED) is 0.834. The van der Waals surface area contributed by atoms with Gasteiger partial charge in [0.15, 0.2) is 0 Å². The maximum absolute atomic E-state index is 11.8. The summed E-state index contributed by atoms with van der Waals surface area (Å²) in [6.07, 6.45) is 2.04. The third kappa shape index (κ3) is 3.35. The van der Waals surface area contributed by atoms with E-state index in [4.69, 9.17) is 10.5 Å². The number of fused-ring (bicyclic) bond motifs is 1. The van der Waals surface area contributed by atoms with Crippen molar-refractivity contribution in [2.45, 2.75) is 38.8 Å². The van der Waals surface area contributed by atoms with Crippen LogP contribution in [0.15, 0.2) is 30.5 Å². The first-order valence-electron chi connectivity index (χ1n) is 6.40. The van der Waals surface area contributed by atoms with E-state index in [2.05, 4.69) is 4.98 Å². The van der Waals surface area contributed by atoms with Gasteiger partial charge in [0.2, 0.25) is 0 Å². The van der Waals surface area contributed by atoms with Crippen molar-refractivity contribution in [3.05, 3.63) is 36.0 Å². The first-order chi connectivity index (χ1) is 8.87. The third-order valence-electron chi connectivity index (χ3n) is 2.83. The van der Waals surface area contributed by atoms with Gasteiger partial charge >= 0.3 is 5.97 Å². The van der Waals surface area contributed by atoms with Crippen LogP contribution in [0.4, 0.5) is 0 Å². The Balaban J connectivity index is 2.12. The number of carbonyl (C=O) groups is 1. The summed E-state index contributed by atoms with van der Waals surface area (Å²) < 4.78 is 5.29. The molecule has 0 radical (unpaired) electrons. The zero-order chi connectivity index (χ0) is 14.0. The number of aromatic nitrogens is 1. The van der Waals surface area contributed by atoms with Crippen molar-refractivity contribution in [3.63, 3.8) is 0 Å². The minimum Gasteiger partial charge on any atom is -0.460 e. The van der Waals surface area contributed by atoms with Gasteiger partial charge in [-0.15, -0.1) is 0 Å². The standard InChI is InChI=1S/C15H20N2O2/c1-15(2,3)19-14(18)8-12(16)11-9-17-13-7-5-4-6-10(11)13/h4-7,9,12,17H,8,16H2,1-3H3/t12-/m0/s1. The van der Waals surface area contributed by atoms with E-state index in [1.54, 1.807) is 0 Å². The first kappa shape index (κ1) is 13.6. The molecule has 0 fully saturated rings. The fraction of sp³-hybridized carbons (Fsp3) is 0.400. The lowest BCUT2D eigenvalue weighted by molar-refractivity contribution is -0.155. The number of aromatic amines is 1. The highest BCUT2D eigenvalue weighted by Crippen LogP contribution is 2.25.